The molecule has 134 valence electrons. The number of esters is 1. The van der Waals surface area contributed by atoms with Gasteiger partial charge in [0.1, 0.15) is 12.1 Å². The minimum absolute atomic E-state index is 0.501. The summed E-state index contributed by atoms with van der Waals surface area (Å²) < 4.78 is 4.84. The van der Waals surface area contributed by atoms with E-state index in [2.05, 4.69) is 10.6 Å². The number of urea groups is 1. The molecule has 1 aliphatic heterocycles. The Balaban J connectivity index is 1.84. The zero-order valence-electron chi connectivity index (χ0n) is 14.6. The first-order valence-electron chi connectivity index (χ1n) is 7.76. The van der Waals surface area contributed by atoms with E-state index in [1.165, 1.54) is 13.8 Å². The van der Waals surface area contributed by atoms with E-state index in [0.29, 0.717) is 5.69 Å². The fourth-order valence-electron chi connectivity index (χ4n) is 2.53. The summed E-state index contributed by atoms with van der Waals surface area (Å²) in [7, 11) is 0. The van der Waals surface area contributed by atoms with Gasteiger partial charge in [0.15, 0.2) is 6.61 Å². The normalized spacial score (nSPS) is 15.8. The maximum atomic E-state index is 12.0. The van der Waals surface area contributed by atoms with Crippen LogP contribution in [0.2, 0.25) is 0 Å². The molecule has 1 aromatic rings. The van der Waals surface area contributed by atoms with Gasteiger partial charge < -0.3 is 15.4 Å². The highest BCUT2D eigenvalue weighted by atomic mass is 16.5. The number of ether oxygens (including phenoxy) is 1. The minimum Gasteiger partial charge on any atom is -0.454 e. The van der Waals surface area contributed by atoms with Crippen LogP contribution in [0.1, 0.15) is 25.0 Å². The molecule has 1 heterocycles. The van der Waals surface area contributed by atoms with E-state index in [-0.39, 0.29) is 0 Å². The summed E-state index contributed by atoms with van der Waals surface area (Å²) in [6.45, 7) is 5.85. The molecular weight excluding hydrogens is 326 g/mol. The van der Waals surface area contributed by atoms with Crippen molar-refractivity contribution in [2.45, 2.75) is 33.2 Å². The van der Waals surface area contributed by atoms with E-state index < -0.39 is 42.5 Å². The first-order chi connectivity index (χ1) is 11.6. The van der Waals surface area contributed by atoms with Crippen molar-refractivity contribution < 1.29 is 23.9 Å². The SMILES string of the molecule is Cc1cc(C)cc(NC(=O)COC(=O)CN2C(=O)NC(C)(C)C2=O)c1. The standard InChI is InChI=1S/C17H21N3O5/c1-10-5-11(2)7-12(6-10)18-13(21)9-25-14(22)8-20-15(23)17(3,4)19-16(20)24/h5-7H,8-9H2,1-4H3,(H,18,21)(H,19,24). The summed E-state index contributed by atoms with van der Waals surface area (Å²) in [6.07, 6.45) is 0. The summed E-state index contributed by atoms with van der Waals surface area (Å²) in [5.74, 6) is -1.86. The summed E-state index contributed by atoms with van der Waals surface area (Å²) in [5.41, 5.74) is 1.54. The van der Waals surface area contributed by atoms with Crippen molar-refractivity contribution in [1.82, 2.24) is 10.2 Å². The second kappa shape index (κ2) is 6.92. The van der Waals surface area contributed by atoms with E-state index in [9.17, 15) is 19.2 Å². The second-order valence-electron chi connectivity index (χ2n) is 6.53. The zero-order chi connectivity index (χ0) is 18.8. The lowest BCUT2D eigenvalue weighted by molar-refractivity contribution is -0.150. The summed E-state index contributed by atoms with van der Waals surface area (Å²) >= 11 is 0. The molecule has 0 spiro atoms. The van der Waals surface area contributed by atoms with Crippen LogP contribution in [-0.4, -0.2) is 47.4 Å². The Kier molecular flexibility index (Phi) is 5.10. The molecule has 0 saturated carbocycles. The van der Waals surface area contributed by atoms with Crippen LogP contribution in [0.15, 0.2) is 18.2 Å². The molecule has 1 fully saturated rings. The van der Waals surface area contributed by atoms with Crippen LogP contribution in [0.5, 0.6) is 0 Å². The largest absolute Gasteiger partial charge is 0.454 e. The Morgan fingerprint density at radius 2 is 1.76 bits per heavy atom. The van der Waals surface area contributed by atoms with Crippen molar-refractivity contribution >= 4 is 29.5 Å². The van der Waals surface area contributed by atoms with Crippen molar-refractivity contribution in [3.05, 3.63) is 29.3 Å². The second-order valence-corrected chi connectivity index (χ2v) is 6.53. The van der Waals surface area contributed by atoms with E-state index in [0.717, 1.165) is 16.0 Å². The van der Waals surface area contributed by atoms with Crippen LogP contribution in [-0.2, 0) is 19.1 Å². The third-order valence-electron chi connectivity index (χ3n) is 3.60. The van der Waals surface area contributed by atoms with Crippen molar-refractivity contribution in [3.8, 4) is 0 Å². The van der Waals surface area contributed by atoms with Crippen molar-refractivity contribution in [2.75, 3.05) is 18.5 Å². The molecule has 2 N–H and O–H groups in total. The lowest BCUT2D eigenvalue weighted by Gasteiger charge is -2.15. The number of hydrogen-bond donors (Lipinski definition) is 2. The maximum Gasteiger partial charge on any atom is 0.326 e. The Bertz CT molecular complexity index is 722. The molecule has 0 aromatic heterocycles. The van der Waals surface area contributed by atoms with Crippen molar-refractivity contribution in [3.63, 3.8) is 0 Å². The highest BCUT2D eigenvalue weighted by Crippen LogP contribution is 2.16. The summed E-state index contributed by atoms with van der Waals surface area (Å²) in [5, 5.41) is 5.08. The van der Waals surface area contributed by atoms with Gasteiger partial charge in [-0.25, -0.2) is 4.79 Å². The molecule has 2 rings (SSSR count). The van der Waals surface area contributed by atoms with Crippen LogP contribution < -0.4 is 10.6 Å². The van der Waals surface area contributed by atoms with Gasteiger partial charge in [0.25, 0.3) is 11.8 Å². The van der Waals surface area contributed by atoms with E-state index >= 15 is 0 Å². The van der Waals surface area contributed by atoms with Gasteiger partial charge in [-0.2, -0.15) is 0 Å². The molecule has 1 aliphatic rings. The molecule has 25 heavy (non-hydrogen) atoms. The van der Waals surface area contributed by atoms with Crippen molar-refractivity contribution in [1.29, 1.82) is 0 Å². The smallest absolute Gasteiger partial charge is 0.326 e. The Morgan fingerprint density at radius 1 is 1.16 bits per heavy atom. The van der Waals surface area contributed by atoms with Crippen LogP contribution in [0.25, 0.3) is 0 Å². The first kappa shape index (κ1) is 18.4. The average molecular weight is 347 g/mol. The number of amides is 4. The van der Waals surface area contributed by atoms with Gasteiger partial charge in [-0.05, 0) is 51.0 Å². The molecule has 0 unspecified atom stereocenters. The number of imide groups is 1. The molecule has 8 heteroatoms. The molecule has 4 amide bonds. The van der Waals surface area contributed by atoms with Crippen molar-refractivity contribution in [2.24, 2.45) is 0 Å². The number of hydrogen-bond acceptors (Lipinski definition) is 5. The molecule has 0 aliphatic carbocycles. The lowest BCUT2D eigenvalue weighted by atomic mass is 10.1. The average Bonchev–Trinajstić information content (AvgIpc) is 2.66. The fraction of sp³-hybridized carbons (Fsp3) is 0.412. The number of aryl methyl sites for hydroxylation is 2. The van der Waals surface area contributed by atoms with Crippen LogP contribution in [0, 0.1) is 13.8 Å². The molecule has 0 radical (unpaired) electrons. The predicted octanol–water partition coefficient (Wildman–Crippen LogP) is 1.12. The van der Waals surface area contributed by atoms with Crippen LogP contribution >= 0.6 is 0 Å². The number of nitrogens with one attached hydrogen (secondary N) is 2. The minimum atomic E-state index is -1.06. The van der Waals surface area contributed by atoms with E-state index in [1.54, 1.807) is 12.1 Å². The monoisotopic (exact) mass is 347 g/mol. The molecule has 1 aromatic carbocycles. The van der Waals surface area contributed by atoms with Gasteiger partial charge in [0.05, 0.1) is 0 Å². The quantitative estimate of drug-likeness (QED) is 0.613. The molecule has 8 nitrogen and oxygen atoms in total. The number of rotatable bonds is 5. The van der Waals surface area contributed by atoms with Crippen LogP contribution in [0.4, 0.5) is 10.5 Å². The highest BCUT2D eigenvalue weighted by Gasteiger charge is 2.45. The topological polar surface area (TPSA) is 105 Å². The van der Waals surface area contributed by atoms with E-state index in [1.807, 2.05) is 19.9 Å². The maximum absolute atomic E-state index is 12.0. The third-order valence-corrected chi connectivity index (χ3v) is 3.60. The molecule has 0 bridgehead atoms. The Hall–Kier alpha value is -2.90. The highest BCUT2D eigenvalue weighted by molar-refractivity contribution is 6.08. The molecule has 0 atom stereocenters. The van der Waals surface area contributed by atoms with Gasteiger partial charge in [-0.1, -0.05) is 6.07 Å². The number of nitrogens with zero attached hydrogens (tertiary/aromatic N) is 1. The molecule has 1 saturated heterocycles. The number of anilines is 1. The summed E-state index contributed by atoms with van der Waals surface area (Å²) in [6, 6.07) is 4.89. The van der Waals surface area contributed by atoms with Gasteiger partial charge >= 0.3 is 12.0 Å². The van der Waals surface area contributed by atoms with Crippen LogP contribution in [0.3, 0.4) is 0 Å². The summed E-state index contributed by atoms with van der Waals surface area (Å²) in [4.78, 5) is 48.1. The van der Waals surface area contributed by atoms with Gasteiger partial charge in [-0.15, -0.1) is 0 Å². The number of benzene rings is 1. The lowest BCUT2D eigenvalue weighted by Crippen LogP contribution is -2.41. The first-order valence-corrected chi connectivity index (χ1v) is 7.76. The fourth-order valence-corrected chi connectivity index (χ4v) is 2.53. The van der Waals surface area contributed by atoms with Gasteiger partial charge in [-0.3, -0.25) is 19.3 Å². The molecular formula is C17H21N3O5. The zero-order valence-corrected chi connectivity index (χ0v) is 14.6. The number of carbonyl (C=O) groups excluding carboxylic acids is 4. The Morgan fingerprint density at radius 3 is 2.28 bits per heavy atom. The predicted molar refractivity (Wildman–Crippen MR) is 89.8 cm³/mol. The number of carbonyl (C=O) groups is 4. The van der Waals surface area contributed by atoms with E-state index in [4.69, 9.17) is 4.74 Å². The Labute approximate surface area is 145 Å². The van der Waals surface area contributed by atoms with Gasteiger partial charge in [0, 0.05) is 5.69 Å². The third kappa shape index (κ3) is 4.56. The van der Waals surface area contributed by atoms with Gasteiger partial charge in [0.2, 0.25) is 0 Å².